The molecule has 182 valence electrons. The summed E-state index contributed by atoms with van der Waals surface area (Å²) >= 11 is 0. The number of ether oxygens (including phenoxy) is 3. The predicted molar refractivity (Wildman–Crippen MR) is 129 cm³/mol. The van der Waals surface area contributed by atoms with E-state index < -0.39 is 23.8 Å². The van der Waals surface area contributed by atoms with Gasteiger partial charge in [-0.2, -0.15) is 0 Å². The molecule has 1 heterocycles. The van der Waals surface area contributed by atoms with Crippen molar-refractivity contribution < 1.29 is 33.4 Å². The molecule has 9 heteroatoms. The number of methoxy groups -OCH3 is 2. The Morgan fingerprint density at radius 1 is 0.889 bits per heavy atom. The molecule has 3 aromatic carbocycles. The molecule has 1 fully saturated rings. The number of barbiturate groups is 1. The highest BCUT2D eigenvalue weighted by Gasteiger charge is 2.35. The molecule has 0 saturated carbocycles. The standard InChI is InChI=1S/C27H22N2O7/c1-34-22-13-10-19(15-23(22)35-2)26(32)36-20-11-8-17(9-12-20)14-21-24(30)28-27(33)29(25(21)31)16-18-6-4-3-5-7-18/h3-15H,16H2,1-2H3,(H,28,30,33)/b21-14+. The van der Waals surface area contributed by atoms with Crippen molar-refractivity contribution in [3.8, 4) is 17.2 Å². The van der Waals surface area contributed by atoms with E-state index in [0.29, 0.717) is 17.1 Å². The maximum absolute atomic E-state index is 12.9. The number of esters is 1. The molecule has 0 aliphatic carbocycles. The first kappa shape index (κ1) is 24.2. The second-order valence-corrected chi connectivity index (χ2v) is 7.72. The van der Waals surface area contributed by atoms with Crippen LogP contribution in [0.15, 0.2) is 78.4 Å². The number of carbonyl (C=O) groups is 4. The summed E-state index contributed by atoms with van der Waals surface area (Å²) in [6.45, 7) is 0.0289. The lowest BCUT2D eigenvalue weighted by molar-refractivity contribution is -0.130. The molecule has 3 aromatic rings. The van der Waals surface area contributed by atoms with Gasteiger partial charge in [0.25, 0.3) is 11.8 Å². The third kappa shape index (κ3) is 5.25. The van der Waals surface area contributed by atoms with Crippen LogP contribution in [0, 0.1) is 0 Å². The summed E-state index contributed by atoms with van der Waals surface area (Å²) in [6, 6.07) is 19.1. The Morgan fingerprint density at radius 2 is 1.58 bits per heavy atom. The van der Waals surface area contributed by atoms with Gasteiger partial charge in [0, 0.05) is 0 Å². The van der Waals surface area contributed by atoms with Gasteiger partial charge in [0.15, 0.2) is 11.5 Å². The number of rotatable bonds is 7. The Kier molecular flexibility index (Phi) is 7.10. The molecule has 0 radical (unpaired) electrons. The molecule has 0 atom stereocenters. The van der Waals surface area contributed by atoms with E-state index in [1.54, 1.807) is 48.5 Å². The lowest BCUT2D eigenvalue weighted by Crippen LogP contribution is -2.53. The first-order valence-electron chi connectivity index (χ1n) is 10.9. The summed E-state index contributed by atoms with van der Waals surface area (Å²) < 4.78 is 15.8. The number of urea groups is 1. The van der Waals surface area contributed by atoms with Gasteiger partial charge < -0.3 is 14.2 Å². The first-order valence-corrected chi connectivity index (χ1v) is 10.9. The van der Waals surface area contributed by atoms with Gasteiger partial charge in [-0.15, -0.1) is 0 Å². The van der Waals surface area contributed by atoms with Gasteiger partial charge in [0.05, 0.1) is 26.3 Å². The van der Waals surface area contributed by atoms with Crippen molar-refractivity contribution in [1.29, 1.82) is 0 Å². The Bertz CT molecular complexity index is 1350. The van der Waals surface area contributed by atoms with Crippen LogP contribution in [-0.4, -0.2) is 42.9 Å². The smallest absolute Gasteiger partial charge is 0.343 e. The lowest BCUT2D eigenvalue weighted by atomic mass is 10.1. The molecule has 0 bridgehead atoms. The van der Waals surface area contributed by atoms with E-state index in [4.69, 9.17) is 14.2 Å². The minimum Gasteiger partial charge on any atom is -0.493 e. The fourth-order valence-electron chi connectivity index (χ4n) is 3.53. The van der Waals surface area contributed by atoms with Gasteiger partial charge in [-0.25, -0.2) is 9.59 Å². The molecule has 1 N–H and O–H groups in total. The Hall–Kier alpha value is -4.92. The minimum absolute atomic E-state index is 0.0289. The molecular formula is C27H22N2O7. The van der Waals surface area contributed by atoms with Crippen LogP contribution in [-0.2, 0) is 16.1 Å². The molecule has 0 spiro atoms. The van der Waals surface area contributed by atoms with E-state index in [0.717, 1.165) is 10.5 Å². The molecule has 1 saturated heterocycles. The average molecular weight is 486 g/mol. The summed E-state index contributed by atoms with van der Waals surface area (Å²) in [5, 5.41) is 2.19. The zero-order valence-corrected chi connectivity index (χ0v) is 19.5. The second kappa shape index (κ2) is 10.6. The van der Waals surface area contributed by atoms with Gasteiger partial charge in [-0.05, 0) is 47.5 Å². The van der Waals surface area contributed by atoms with Crippen LogP contribution < -0.4 is 19.5 Å². The Labute approximate surface area is 206 Å². The monoisotopic (exact) mass is 486 g/mol. The molecule has 4 rings (SSSR count). The molecule has 36 heavy (non-hydrogen) atoms. The number of imide groups is 2. The second-order valence-electron chi connectivity index (χ2n) is 7.72. The minimum atomic E-state index is -0.779. The molecule has 1 aliphatic rings. The van der Waals surface area contributed by atoms with Crippen LogP contribution in [0.2, 0.25) is 0 Å². The van der Waals surface area contributed by atoms with E-state index in [2.05, 4.69) is 5.32 Å². The van der Waals surface area contributed by atoms with Crippen LogP contribution in [0.25, 0.3) is 6.08 Å². The number of amides is 4. The summed E-state index contributed by atoms with van der Waals surface area (Å²) in [5.74, 6) is -0.938. The van der Waals surface area contributed by atoms with Crippen molar-refractivity contribution in [2.24, 2.45) is 0 Å². The highest BCUT2D eigenvalue weighted by atomic mass is 16.5. The van der Waals surface area contributed by atoms with Gasteiger partial charge in [-0.1, -0.05) is 42.5 Å². The van der Waals surface area contributed by atoms with Crippen LogP contribution in [0.5, 0.6) is 17.2 Å². The molecule has 0 unspecified atom stereocenters. The largest absolute Gasteiger partial charge is 0.493 e. The number of carbonyl (C=O) groups excluding carboxylic acids is 4. The highest BCUT2D eigenvalue weighted by Crippen LogP contribution is 2.28. The molecule has 0 aromatic heterocycles. The fourth-order valence-corrected chi connectivity index (χ4v) is 3.53. The maximum Gasteiger partial charge on any atom is 0.343 e. The molecule has 1 aliphatic heterocycles. The third-order valence-corrected chi connectivity index (χ3v) is 5.39. The first-order chi connectivity index (χ1) is 17.4. The van der Waals surface area contributed by atoms with E-state index >= 15 is 0 Å². The van der Waals surface area contributed by atoms with Crippen molar-refractivity contribution in [2.75, 3.05) is 14.2 Å². The number of nitrogens with zero attached hydrogens (tertiary/aromatic N) is 1. The van der Waals surface area contributed by atoms with E-state index in [1.165, 1.54) is 38.5 Å². The van der Waals surface area contributed by atoms with Gasteiger partial charge >= 0.3 is 12.0 Å². The summed E-state index contributed by atoms with van der Waals surface area (Å²) in [6.07, 6.45) is 1.38. The van der Waals surface area contributed by atoms with Crippen molar-refractivity contribution in [2.45, 2.75) is 6.54 Å². The third-order valence-electron chi connectivity index (χ3n) is 5.39. The van der Waals surface area contributed by atoms with Gasteiger partial charge in [0.1, 0.15) is 11.3 Å². The zero-order valence-electron chi connectivity index (χ0n) is 19.5. The SMILES string of the molecule is COc1ccc(C(=O)Oc2ccc(/C=C3\C(=O)NC(=O)N(Cc4ccccc4)C3=O)cc2)cc1OC. The molecule has 9 nitrogen and oxygen atoms in total. The summed E-state index contributed by atoms with van der Waals surface area (Å²) in [5.41, 5.74) is 1.34. The number of benzene rings is 3. The van der Waals surface area contributed by atoms with Crippen LogP contribution in [0.3, 0.4) is 0 Å². The quantitative estimate of drug-likeness (QED) is 0.235. The zero-order chi connectivity index (χ0) is 25.7. The average Bonchev–Trinajstić information content (AvgIpc) is 2.90. The van der Waals surface area contributed by atoms with Gasteiger partial charge in [0.2, 0.25) is 0 Å². The lowest BCUT2D eigenvalue weighted by Gasteiger charge is -2.26. The van der Waals surface area contributed by atoms with Gasteiger partial charge in [-0.3, -0.25) is 19.8 Å². The number of hydrogen-bond acceptors (Lipinski definition) is 7. The number of nitrogens with one attached hydrogen (secondary N) is 1. The Morgan fingerprint density at radius 3 is 2.25 bits per heavy atom. The summed E-state index contributed by atoms with van der Waals surface area (Å²) in [7, 11) is 2.96. The topological polar surface area (TPSA) is 111 Å². The maximum atomic E-state index is 12.9. The highest BCUT2D eigenvalue weighted by molar-refractivity contribution is 6.30. The fraction of sp³-hybridized carbons (Fsp3) is 0.111. The molecule has 4 amide bonds. The number of hydrogen-bond donors (Lipinski definition) is 1. The van der Waals surface area contributed by atoms with Crippen molar-refractivity contribution in [1.82, 2.24) is 10.2 Å². The Balaban J connectivity index is 1.48. The van der Waals surface area contributed by atoms with E-state index in [9.17, 15) is 19.2 Å². The van der Waals surface area contributed by atoms with Crippen LogP contribution >= 0.6 is 0 Å². The van der Waals surface area contributed by atoms with Crippen molar-refractivity contribution in [3.63, 3.8) is 0 Å². The summed E-state index contributed by atoms with van der Waals surface area (Å²) in [4.78, 5) is 51.0. The van der Waals surface area contributed by atoms with Crippen LogP contribution in [0.1, 0.15) is 21.5 Å². The molecular weight excluding hydrogens is 464 g/mol. The van der Waals surface area contributed by atoms with E-state index in [-0.39, 0.29) is 23.4 Å². The van der Waals surface area contributed by atoms with E-state index in [1.807, 2.05) is 6.07 Å². The predicted octanol–water partition coefficient (Wildman–Crippen LogP) is 3.59. The van der Waals surface area contributed by atoms with Crippen molar-refractivity contribution >= 4 is 29.9 Å². The van der Waals surface area contributed by atoms with Crippen LogP contribution in [0.4, 0.5) is 4.79 Å². The van der Waals surface area contributed by atoms with Crippen molar-refractivity contribution in [3.05, 3.63) is 95.1 Å². The normalized spacial score (nSPS) is 14.4.